The van der Waals surface area contributed by atoms with Gasteiger partial charge in [0.15, 0.2) is 0 Å². The van der Waals surface area contributed by atoms with Gasteiger partial charge in [0, 0.05) is 38.4 Å². The summed E-state index contributed by atoms with van der Waals surface area (Å²) in [6.07, 6.45) is 3.43. The van der Waals surface area contributed by atoms with Gasteiger partial charge in [0.2, 0.25) is 0 Å². The Morgan fingerprint density at radius 1 is 1.25 bits per heavy atom. The largest absolute Gasteiger partial charge is 0.330 e. The zero-order valence-electron chi connectivity index (χ0n) is 12.6. The van der Waals surface area contributed by atoms with Crippen LogP contribution in [0.1, 0.15) is 25.0 Å². The number of hydrogen-bond acceptors (Lipinski definition) is 4. The van der Waals surface area contributed by atoms with Crippen molar-refractivity contribution in [2.24, 2.45) is 14.1 Å². The lowest BCUT2D eigenvalue weighted by atomic mass is 10.1. The van der Waals surface area contributed by atoms with E-state index in [1.165, 1.54) is 13.5 Å². The van der Waals surface area contributed by atoms with E-state index in [0.717, 1.165) is 36.2 Å². The Bertz CT molecular complexity index is 568. The zero-order valence-corrected chi connectivity index (χ0v) is 12.6. The minimum atomic E-state index is -0.261. The molecule has 112 valence electrons. The third-order valence-corrected chi connectivity index (χ3v) is 4.21. The van der Waals surface area contributed by atoms with E-state index in [1.807, 2.05) is 0 Å². The first-order valence-electron chi connectivity index (χ1n) is 7.17. The van der Waals surface area contributed by atoms with E-state index in [1.54, 1.807) is 17.7 Å². The van der Waals surface area contributed by atoms with Crippen LogP contribution in [0.25, 0.3) is 0 Å². The first-order valence-corrected chi connectivity index (χ1v) is 7.17. The van der Waals surface area contributed by atoms with Crippen LogP contribution in [0.4, 0.5) is 0 Å². The van der Waals surface area contributed by atoms with Crippen molar-refractivity contribution < 1.29 is 0 Å². The van der Waals surface area contributed by atoms with Gasteiger partial charge < -0.3 is 5.32 Å². The van der Waals surface area contributed by atoms with Gasteiger partial charge in [0.25, 0.3) is 5.56 Å². The van der Waals surface area contributed by atoms with Crippen LogP contribution in [0, 0.1) is 0 Å². The average Bonchev–Trinajstić information content (AvgIpc) is 2.71. The summed E-state index contributed by atoms with van der Waals surface area (Å²) < 4.78 is 2.70. The molecule has 2 rings (SSSR count). The van der Waals surface area contributed by atoms with E-state index in [4.69, 9.17) is 0 Å². The van der Waals surface area contributed by atoms with Gasteiger partial charge in [-0.1, -0.05) is 0 Å². The SMILES string of the molecule is CN(Cc1cc(=O)n(C)c(=O)n1C)C1CCCNCC1. The zero-order chi connectivity index (χ0) is 14.7. The van der Waals surface area contributed by atoms with Crippen LogP contribution in [0.5, 0.6) is 0 Å². The average molecular weight is 280 g/mol. The first-order chi connectivity index (χ1) is 9.50. The fourth-order valence-electron chi connectivity index (χ4n) is 2.76. The molecule has 1 aromatic rings. The Morgan fingerprint density at radius 3 is 2.75 bits per heavy atom. The van der Waals surface area contributed by atoms with E-state index in [2.05, 4.69) is 17.3 Å². The minimum Gasteiger partial charge on any atom is -0.317 e. The smallest absolute Gasteiger partial charge is 0.317 e. The summed E-state index contributed by atoms with van der Waals surface area (Å²) in [5, 5.41) is 3.40. The van der Waals surface area contributed by atoms with Crippen LogP contribution in [0.3, 0.4) is 0 Å². The summed E-state index contributed by atoms with van der Waals surface area (Å²) in [7, 11) is 5.30. The van der Waals surface area contributed by atoms with Gasteiger partial charge in [-0.05, 0) is 39.4 Å². The normalized spacial score (nSPS) is 20.1. The highest BCUT2D eigenvalue weighted by Gasteiger charge is 2.18. The van der Waals surface area contributed by atoms with Gasteiger partial charge in [-0.15, -0.1) is 0 Å². The molecular formula is C14H24N4O2. The Hall–Kier alpha value is -1.40. The fraction of sp³-hybridized carbons (Fsp3) is 0.714. The van der Waals surface area contributed by atoms with Crippen LogP contribution < -0.4 is 16.6 Å². The lowest BCUT2D eigenvalue weighted by Crippen LogP contribution is -2.40. The molecule has 0 spiro atoms. The summed E-state index contributed by atoms with van der Waals surface area (Å²) in [6.45, 7) is 2.74. The second-order valence-electron chi connectivity index (χ2n) is 5.62. The van der Waals surface area contributed by atoms with Crippen LogP contribution >= 0.6 is 0 Å². The lowest BCUT2D eigenvalue weighted by Gasteiger charge is -2.27. The summed E-state index contributed by atoms with van der Waals surface area (Å²) in [6, 6.07) is 2.07. The van der Waals surface area contributed by atoms with Crippen LogP contribution in [-0.4, -0.2) is 40.2 Å². The van der Waals surface area contributed by atoms with Gasteiger partial charge in [0.1, 0.15) is 0 Å². The standard InChI is InChI=1S/C14H24N4O2/c1-16(11-5-4-7-15-8-6-11)10-12-9-13(19)18(3)14(20)17(12)2/h9,11,15H,4-8,10H2,1-3H3. The summed E-state index contributed by atoms with van der Waals surface area (Å²) >= 11 is 0. The highest BCUT2D eigenvalue weighted by Crippen LogP contribution is 2.13. The second-order valence-corrected chi connectivity index (χ2v) is 5.62. The van der Waals surface area contributed by atoms with Crippen molar-refractivity contribution in [1.29, 1.82) is 0 Å². The number of nitrogens with zero attached hydrogens (tertiary/aromatic N) is 3. The number of nitrogens with one attached hydrogen (secondary N) is 1. The topological polar surface area (TPSA) is 59.3 Å². The Morgan fingerprint density at radius 2 is 2.00 bits per heavy atom. The number of aromatic nitrogens is 2. The highest BCUT2D eigenvalue weighted by molar-refractivity contribution is 5.02. The van der Waals surface area contributed by atoms with E-state index < -0.39 is 0 Å². The van der Waals surface area contributed by atoms with Gasteiger partial charge in [-0.2, -0.15) is 0 Å². The third-order valence-electron chi connectivity index (χ3n) is 4.21. The van der Waals surface area contributed by atoms with E-state index in [9.17, 15) is 9.59 Å². The lowest BCUT2D eigenvalue weighted by molar-refractivity contribution is 0.211. The molecule has 1 aliphatic rings. The third kappa shape index (κ3) is 3.19. The maximum Gasteiger partial charge on any atom is 0.330 e. The van der Waals surface area contributed by atoms with Gasteiger partial charge in [-0.3, -0.25) is 18.8 Å². The monoisotopic (exact) mass is 280 g/mol. The van der Waals surface area contributed by atoms with Crippen LogP contribution in [0.2, 0.25) is 0 Å². The summed E-state index contributed by atoms with van der Waals surface area (Å²) in [4.78, 5) is 25.9. The Balaban J connectivity index is 2.17. The molecule has 1 aliphatic heterocycles. The van der Waals surface area contributed by atoms with Gasteiger partial charge in [-0.25, -0.2) is 4.79 Å². The molecule has 1 aromatic heterocycles. The Labute approximate surface area is 119 Å². The molecule has 0 radical (unpaired) electrons. The molecule has 0 aliphatic carbocycles. The number of hydrogen-bond donors (Lipinski definition) is 1. The molecule has 1 atom stereocenters. The van der Waals surface area contributed by atoms with Crippen LogP contribution in [-0.2, 0) is 20.6 Å². The second kappa shape index (κ2) is 6.37. The molecule has 0 aromatic carbocycles. The van der Waals surface area contributed by atoms with Crippen molar-refractivity contribution in [3.8, 4) is 0 Å². The molecule has 1 fully saturated rings. The predicted molar refractivity (Wildman–Crippen MR) is 78.9 cm³/mol. The molecule has 1 N–H and O–H groups in total. The quantitative estimate of drug-likeness (QED) is 0.823. The van der Waals surface area contributed by atoms with Crippen molar-refractivity contribution in [1.82, 2.24) is 19.4 Å². The molecule has 2 heterocycles. The molecular weight excluding hydrogens is 256 g/mol. The predicted octanol–water partition coefficient (Wildman–Crippen LogP) is -0.342. The maximum atomic E-state index is 11.9. The van der Waals surface area contributed by atoms with Gasteiger partial charge in [0.05, 0.1) is 0 Å². The molecule has 0 bridgehead atoms. The molecule has 1 unspecified atom stereocenters. The van der Waals surface area contributed by atoms with Crippen LogP contribution in [0.15, 0.2) is 15.7 Å². The molecule has 20 heavy (non-hydrogen) atoms. The van der Waals surface area contributed by atoms with E-state index in [0.29, 0.717) is 12.6 Å². The highest BCUT2D eigenvalue weighted by atomic mass is 16.2. The molecule has 6 heteroatoms. The molecule has 0 amide bonds. The van der Waals surface area contributed by atoms with E-state index >= 15 is 0 Å². The fourth-order valence-corrected chi connectivity index (χ4v) is 2.76. The first kappa shape index (κ1) is 15.0. The molecule has 1 saturated heterocycles. The molecule has 0 saturated carbocycles. The van der Waals surface area contributed by atoms with Crippen molar-refractivity contribution in [3.63, 3.8) is 0 Å². The van der Waals surface area contributed by atoms with Crippen molar-refractivity contribution >= 4 is 0 Å². The van der Waals surface area contributed by atoms with Crippen molar-refractivity contribution in [2.45, 2.75) is 31.8 Å². The molecule has 6 nitrogen and oxygen atoms in total. The number of rotatable bonds is 3. The van der Waals surface area contributed by atoms with Crippen molar-refractivity contribution in [3.05, 3.63) is 32.6 Å². The maximum absolute atomic E-state index is 11.9. The Kier molecular flexibility index (Phi) is 4.77. The van der Waals surface area contributed by atoms with Crippen molar-refractivity contribution in [2.75, 3.05) is 20.1 Å². The minimum absolute atomic E-state index is 0.237. The summed E-state index contributed by atoms with van der Waals surface area (Å²) in [5.41, 5.74) is 0.278. The summed E-state index contributed by atoms with van der Waals surface area (Å²) in [5.74, 6) is 0. The van der Waals surface area contributed by atoms with E-state index in [-0.39, 0.29) is 11.2 Å². The van der Waals surface area contributed by atoms with Gasteiger partial charge >= 0.3 is 5.69 Å².